The van der Waals surface area contributed by atoms with Gasteiger partial charge in [-0.1, -0.05) is 13.0 Å². The van der Waals surface area contributed by atoms with Crippen molar-refractivity contribution < 1.29 is 27.5 Å². The maximum Gasteiger partial charge on any atom is 0.322 e. The summed E-state index contributed by atoms with van der Waals surface area (Å²) < 4.78 is 31.8. The number of guanidine groups is 1. The van der Waals surface area contributed by atoms with Gasteiger partial charge in [0, 0.05) is 31.3 Å². The van der Waals surface area contributed by atoms with Gasteiger partial charge in [0.1, 0.15) is 17.4 Å². The number of carbonyl (C=O) groups is 2. The molecule has 1 aromatic heterocycles. The lowest BCUT2D eigenvalue weighted by atomic mass is 10.1. The summed E-state index contributed by atoms with van der Waals surface area (Å²) in [5.41, 5.74) is 1.49. The Hall–Kier alpha value is -2.92. The summed E-state index contributed by atoms with van der Waals surface area (Å²) in [5.74, 6) is -0.664. The van der Waals surface area contributed by atoms with Gasteiger partial charge in [-0.15, -0.1) is 0 Å². The molecule has 0 radical (unpaired) electrons. The molecule has 1 aromatic carbocycles. The molecule has 3 rings (SSSR count). The van der Waals surface area contributed by atoms with Crippen molar-refractivity contribution in [2.24, 2.45) is 4.99 Å². The van der Waals surface area contributed by atoms with Crippen LogP contribution in [-0.4, -0.2) is 56.2 Å². The van der Waals surface area contributed by atoms with Crippen LogP contribution in [-0.2, 0) is 32.5 Å². The van der Waals surface area contributed by atoms with Crippen molar-refractivity contribution in [2.75, 3.05) is 18.8 Å². The molecule has 1 unspecified atom stereocenters. The number of hydrogen-bond acceptors (Lipinski definition) is 7. The third kappa shape index (κ3) is 6.79. The molecule has 1 aliphatic rings. The highest BCUT2D eigenvalue weighted by atomic mass is 32.2. The number of furan rings is 1. The molecule has 174 valence electrons. The Morgan fingerprint density at radius 3 is 2.81 bits per heavy atom. The van der Waals surface area contributed by atoms with Gasteiger partial charge in [0.2, 0.25) is 15.9 Å². The molecule has 1 atom stereocenters. The molecular formula is C21H28N4O6S. The Kier molecular flexibility index (Phi) is 7.86. The lowest BCUT2D eigenvalue weighted by Crippen LogP contribution is -2.43. The highest BCUT2D eigenvalue weighted by molar-refractivity contribution is 7.89. The number of rotatable bonds is 10. The maximum absolute atomic E-state index is 12.1. The van der Waals surface area contributed by atoms with Crippen LogP contribution in [0, 0.1) is 0 Å². The first-order chi connectivity index (χ1) is 15.3. The first kappa shape index (κ1) is 23.7. The van der Waals surface area contributed by atoms with Crippen LogP contribution in [0.3, 0.4) is 0 Å². The van der Waals surface area contributed by atoms with Crippen molar-refractivity contribution in [2.45, 2.75) is 45.1 Å². The molecule has 10 nitrogen and oxygen atoms in total. The summed E-state index contributed by atoms with van der Waals surface area (Å²) in [7, 11) is -3.68. The largest absolute Gasteiger partial charge is 0.480 e. The van der Waals surface area contributed by atoms with Crippen LogP contribution in [0.2, 0.25) is 0 Å². The van der Waals surface area contributed by atoms with Crippen LogP contribution >= 0.6 is 0 Å². The Bertz CT molecular complexity index is 1110. The van der Waals surface area contributed by atoms with E-state index in [9.17, 15) is 23.1 Å². The Morgan fingerprint density at radius 1 is 1.31 bits per heavy atom. The molecule has 0 spiro atoms. The number of nitrogens with one attached hydrogen (secondary N) is 3. The van der Waals surface area contributed by atoms with Gasteiger partial charge < -0.3 is 14.8 Å². The van der Waals surface area contributed by atoms with E-state index in [4.69, 9.17) is 4.42 Å². The molecule has 4 N–H and O–H groups in total. The molecule has 32 heavy (non-hydrogen) atoms. The normalized spacial score (nSPS) is 15.1. The topological polar surface area (TPSA) is 150 Å². The van der Waals surface area contributed by atoms with Crippen LogP contribution < -0.4 is 15.4 Å². The van der Waals surface area contributed by atoms with Crippen molar-refractivity contribution in [1.82, 2.24) is 15.4 Å². The van der Waals surface area contributed by atoms with Gasteiger partial charge >= 0.3 is 5.97 Å². The summed E-state index contributed by atoms with van der Waals surface area (Å²) >= 11 is 0. The molecule has 0 saturated carbocycles. The number of carboxylic acid groups (broad SMARTS) is 1. The zero-order valence-corrected chi connectivity index (χ0v) is 18.7. The highest BCUT2D eigenvalue weighted by Crippen LogP contribution is 2.22. The summed E-state index contributed by atoms with van der Waals surface area (Å²) in [6.45, 7) is 3.20. The van der Waals surface area contributed by atoms with Crippen molar-refractivity contribution in [3.05, 3.63) is 35.6 Å². The van der Waals surface area contributed by atoms with Crippen molar-refractivity contribution >= 4 is 38.8 Å². The number of sulfonamides is 1. The average Bonchev–Trinajstić information content (AvgIpc) is 3.14. The summed E-state index contributed by atoms with van der Waals surface area (Å²) in [5, 5.41) is 16.0. The van der Waals surface area contributed by atoms with Crippen LogP contribution in [0.5, 0.6) is 0 Å². The predicted molar refractivity (Wildman–Crippen MR) is 120 cm³/mol. The van der Waals surface area contributed by atoms with Gasteiger partial charge in [-0.3, -0.25) is 19.9 Å². The fraction of sp³-hybridized carbons (Fsp3) is 0.476. The number of fused-ring (bicyclic) bond motifs is 1. The van der Waals surface area contributed by atoms with Crippen LogP contribution in [0.1, 0.15) is 37.5 Å². The fourth-order valence-electron chi connectivity index (χ4n) is 3.40. The smallest absolute Gasteiger partial charge is 0.322 e. The number of aliphatic imine (C=N–C) groups is 1. The Balaban J connectivity index is 1.62. The number of carbonyl (C=O) groups excluding carboxylic acids is 1. The number of aryl methyl sites for hydroxylation is 1. The predicted octanol–water partition coefficient (Wildman–Crippen LogP) is 1.16. The quantitative estimate of drug-likeness (QED) is 0.412. The van der Waals surface area contributed by atoms with Gasteiger partial charge in [0.25, 0.3) is 0 Å². The first-order valence-corrected chi connectivity index (χ1v) is 12.2. The van der Waals surface area contributed by atoms with E-state index in [0.29, 0.717) is 36.7 Å². The second kappa shape index (κ2) is 10.6. The van der Waals surface area contributed by atoms with E-state index in [-0.39, 0.29) is 24.5 Å². The number of aliphatic carboxylic acids is 1. The van der Waals surface area contributed by atoms with Gasteiger partial charge in [-0.05, 0) is 43.0 Å². The summed E-state index contributed by atoms with van der Waals surface area (Å²) in [4.78, 5) is 27.9. The van der Waals surface area contributed by atoms with E-state index in [2.05, 4.69) is 20.3 Å². The molecule has 0 fully saturated rings. The minimum Gasteiger partial charge on any atom is -0.480 e. The second-order valence-corrected chi connectivity index (χ2v) is 9.55. The van der Waals surface area contributed by atoms with Crippen LogP contribution in [0.25, 0.3) is 11.0 Å². The molecule has 11 heteroatoms. The number of benzene rings is 1. The standard InChI is InChI=1S/C21H28N4O6S/c1-2-10-32(29,30)25-17(20(27)28)13-16-12-15-11-14(4-6-18(15)31-16)5-7-19(26)24-21-22-8-3-9-23-21/h4,6,11-12,17,25H,2-3,5,7-10,13H2,1H3,(H,27,28)(H2,22,23,24,26). The monoisotopic (exact) mass is 464 g/mol. The third-order valence-corrected chi connectivity index (χ3v) is 6.51. The zero-order chi connectivity index (χ0) is 23.1. The SMILES string of the molecule is CCCS(=O)(=O)NC(Cc1cc2cc(CCC(=O)NC3=NCCCN3)ccc2o1)C(=O)O. The zero-order valence-electron chi connectivity index (χ0n) is 17.9. The molecule has 1 aliphatic heterocycles. The summed E-state index contributed by atoms with van der Waals surface area (Å²) in [6.07, 6.45) is 2.03. The number of nitrogens with zero attached hydrogens (tertiary/aromatic N) is 1. The van der Waals surface area contributed by atoms with Crippen molar-refractivity contribution in [3.63, 3.8) is 0 Å². The molecule has 0 aliphatic carbocycles. The van der Waals surface area contributed by atoms with Crippen molar-refractivity contribution in [3.8, 4) is 0 Å². The minimum atomic E-state index is -3.68. The number of amides is 1. The molecule has 1 amide bonds. The molecular weight excluding hydrogens is 436 g/mol. The maximum atomic E-state index is 12.1. The number of hydrogen-bond donors (Lipinski definition) is 4. The second-order valence-electron chi connectivity index (χ2n) is 7.68. The lowest BCUT2D eigenvalue weighted by Gasteiger charge is -2.14. The molecule has 0 saturated heterocycles. The molecule has 2 aromatic rings. The van der Waals surface area contributed by atoms with Crippen LogP contribution in [0.4, 0.5) is 0 Å². The fourth-order valence-corrected chi connectivity index (χ4v) is 4.67. The minimum absolute atomic E-state index is 0.111. The lowest BCUT2D eigenvalue weighted by molar-refractivity contribution is -0.139. The highest BCUT2D eigenvalue weighted by Gasteiger charge is 2.25. The van der Waals surface area contributed by atoms with Crippen LogP contribution in [0.15, 0.2) is 33.7 Å². The molecule has 2 heterocycles. The van der Waals surface area contributed by atoms with E-state index < -0.39 is 22.0 Å². The van der Waals surface area contributed by atoms with E-state index in [1.165, 1.54) is 0 Å². The van der Waals surface area contributed by atoms with E-state index in [1.807, 2.05) is 12.1 Å². The van der Waals surface area contributed by atoms with E-state index in [1.54, 1.807) is 19.1 Å². The Labute approximate surface area is 186 Å². The van der Waals surface area contributed by atoms with Gasteiger partial charge in [-0.25, -0.2) is 13.1 Å². The van der Waals surface area contributed by atoms with Gasteiger partial charge in [-0.2, -0.15) is 0 Å². The molecule has 0 bridgehead atoms. The third-order valence-electron chi connectivity index (χ3n) is 4.93. The Morgan fingerprint density at radius 2 is 2.12 bits per heavy atom. The van der Waals surface area contributed by atoms with E-state index in [0.717, 1.165) is 23.9 Å². The van der Waals surface area contributed by atoms with E-state index >= 15 is 0 Å². The average molecular weight is 465 g/mol. The number of carboxylic acids is 1. The first-order valence-electron chi connectivity index (χ1n) is 10.6. The summed E-state index contributed by atoms with van der Waals surface area (Å²) in [6, 6.07) is 5.87. The van der Waals surface area contributed by atoms with Gasteiger partial charge in [0.15, 0.2) is 5.96 Å². The van der Waals surface area contributed by atoms with Gasteiger partial charge in [0.05, 0.1) is 5.75 Å². The van der Waals surface area contributed by atoms with Crippen molar-refractivity contribution in [1.29, 1.82) is 0 Å².